The molecule has 4 rings (SSSR count). The lowest BCUT2D eigenvalue weighted by molar-refractivity contribution is 0.0592. The van der Waals surface area contributed by atoms with Crippen molar-refractivity contribution >= 4 is 5.91 Å². The number of hydrogen-bond acceptors (Lipinski definition) is 4. The normalized spacial score (nSPS) is 19.7. The van der Waals surface area contributed by atoms with Crippen molar-refractivity contribution in [2.75, 3.05) is 0 Å². The van der Waals surface area contributed by atoms with Gasteiger partial charge in [0.05, 0.1) is 18.6 Å². The van der Waals surface area contributed by atoms with E-state index in [1.54, 1.807) is 25.5 Å². The molecule has 6 nitrogen and oxygen atoms in total. The molecule has 140 valence electrons. The third-order valence-corrected chi connectivity index (χ3v) is 5.41. The topological polar surface area (TPSA) is 75.0 Å². The van der Waals surface area contributed by atoms with Gasteiger partial charge in [-0.15, -0.1) is 0 Å². The van der Waals surface area contributed by atoms with E-state index in [1.165, 1.54) is 5.56 Å². The molecule has 1 aliphatic carbocycles. The van der Waals surface area contributed by atoms with Crippen molar-refractivity contribution < 1.29 is 9.32 Å². The van der Waals surface area contributed by atoms with E-state index >= 15 is 0 Å². The summed E-state index contributed by atoms with van der Waals surface area (Å²) in [7, 11) is 0. The average Bonchev–Trinajstić information content (AvgIpc) is 3.38. The number of rotatable bonds is 5. The lowest BCUT2D eigenvalue weighted by atomic mass is 9.81. The van der Waals surface area contributed by atoms with E-state index in [0.717, 1.165) is 31.4 Å². The third-order valence-electron chi connectivity index (χ3n) is 5.41. The maximum absolute atomic E-state index is 13.1. The molecule has 1 saturated carbocycles. The first-order valence-corrected chi connectivity index (χ1v) is 9.47. The molecule has 1 fully saturated rings. The minimum absolute atomic E-state index is 0.0791. The zero-order valence-corrected chi connectivity index (χ0v) is 15.5. The molecule has 0 saturated heterocycles. The molecule has 0 atom stereocenters. The largest absolute Gasteiger partial charge is 0.361 e. The van der Waals surface area contributed by atoms with E-state index in [1.807, 2.05) is 4.90 Å². The molecular formula is C21H24N4O2. The van der Waals surface area contributed by atoms with Crippen LogP contribution in [0.4, 0.5) is 0 Å². The van der Waals surface area contributed by atoms with Crippen molar-refractivity contribution in [1.29, 1.82) is 0 Å². The number of aromatic amines is 1. The van der Waals surface area contributed by atoms with Crippen molar-refractivity contribution in [2.45, 2.75) is 51.1 Å². The molecule has 27 heavy (non-hydrogen) atoms. The van der Waals surface area contributed by atoms with Crippen LogP contribution < -0.4 is 0 Å². The molecule has 0 aliphatic heterocycles. The van der Waals surface area contributed by atoms with Crippen molar-refractivity contribution in [2.24, 2.45) is 0 Å². The summed E-state index contributed by atoms with van der Waals surface area (Å²) in [6, 6.07) is 12.6. The average molecular weight is 364 g/mol. The number of benzene rings is 1. The summed E-state index contributed by atoms with van der Waals surface area (Å²) in [6.45, 7) is 2.31. The maximum atomic E-state index is 13.1. The second-order valence-corrected chi connectivity index (χ2v) is 7.25. The number of imidazole rings is 1. The Morgan fingerprint density at radius 1 is 1.22 bits per heavy atom. The van der Waals surface area contributed by atoms with Gasteiger partial charge in [0.1, 0.15) is 5.76 Å². The highest BCUT2D eigenvalue weighted by Gasteiger charge is 2.31. The van der Waals surface area contributed by atoms with Crippen LogP contribution >= 0.6 is 0 Å². The van der Waals surface area contributed by atoms with Gasteiger partial charge in [-0.2, -0.15) is 0 Å². The van der Waals surface area contributed by atoms with Crippen LogP contribution in [-0.2, 0) is 6.54 Å². The summed E-state index contributed by atoms with van der Waals surface area (Å²) >= 11 is 0. The predicted octanol–water partition coefficient (Wildman–Crippen LogP) is 4.07. The minimum atomic E-state index is -0.0791. The third kappa shape index (κ3) is 3.94. The van der Waals surface area contributed by atoms with Gasteiger partial charge in [-0.25, -0.2) is 4.98 Å². The summed E-state index contributed by atoms with van der Waals surface area (Å²) in [6.07, 6.45) is 7.54. The molecule has 2 heterocycles. The van der Waals surface area contributed by atoms with Gasteiger partial charge in [-0.3, -0.25) is 4.79 Å². The number of nitrogens with zero attached hydrogens (tertiary/aromatic N) is 3. The fourth-order valence-corrected chi connectivity index (χ4v) is 3.98. The Balaban J connectivity index is 1.50. The maximum Gasteiger partial charge on any atom is 0.276 e. The molecule has 1 aliphatic rings. The summed E-state index contributed by atoms with van der Waals surface area (Å²) in [5, 5.41) is 3.93. The molecule has 0 unspecified atom stereocenters. The van der Waals surface area contributed by atoms with Gasteiger partial charge in [-0.1, -0.05) is 35.5 Å². The second-order valence-electron chi connectivity index (χ2n) is 7.25. The lowest BCUT2D eigenvalue weighted by Crippen LogP contribution is -2.42. The van der Waals surface area contributed by atoms with E-state index in [4.69, 9.17) is 4.52 Å². The lowest BCUT2D eigenvalue weighted by Gasteiger charge is -2.36. The number of aryl methyl sites for hydroxylation is 1. The Hall–Kier alpha value is -2.89. The van der Waals surface area contributed by atoms with Crippen molar-refractivity contribution in [3.05, 3.63) is 71.6 Å². The fourth-order valence-electron chi connectivity index (χ4n) is 3.98. The minimum Gasteiger partial charge on any atom is -0.361 e. The zero-order chi connectivity index (χ0) is 18.6. The van der Waals surface area contributed by atoms with Crippen molar-refractivity contribution in [3.8, 4) is 0 Å². The van der Waals surface area contributed by atoms with Crippen molar-refractivity contribution in [3.63, 3.8) is 0 Å². The number of H-pyrrole nitrogens is 1. The smallest absolute Gasteiger partial charge is 0.276 e. The quantitative estimate of drug-likeness (QED) is 0.740. The SMILES string of the molecule is Cc1cc(C(=O)N(Cc2cnc[nH]2)C2CCC(c3ccccc3)CC2)no1. The van der Waals surface area contributed by atoms with Crippen LogP contribution in [0.2, 0.25) is 0 Å². The summed E-state index contributed by atoms with van der Waals surface area (Å²) in [5.41, 5.74) is 2.69. The number of amides is 1. The van der Waals surface area contributed by atoms with E-state index in [0.29, 0.717) is 23.9 Å². The Morgan fingerprint density at radius 2 is 2.00 bits per heavy atom. The highest BCUT2D eigenvalue weighted by atomic mass is 16.5. The number of nitrogens with one attached hydrogen (secondary N) is 1. The summed E-state index contributed by atoms with van der Waals surface area (Å²) in [4.78, 5) is 22.2. The predicted molar refractivity (Wildman–Crippen MR) is 101 cm³/mol. The molecule has 3 aromatic rings. The van der Waals surface area contributed by atoms with Crippen LogP contribution in [0.5, 0.6) is 0 Å². The number of aromatic nitrogens is 3. The highest BCUT2D eigenvalue weighted by molar-refractivity contribution is 5.92. The van der Waals surface area contributed by atoms with Crippen LogP contribution in [0.15, 0.2) is 53.4 Å². The van der Waals surface area contributed by atoms with E-state index in [2.05, 4.69) is 45.5 Å². The van der Waals surface area contributed by atoms with Crippen LogP contribution in [0.3, 0.4) is 0 Å². The highest BCUT2D eigenvalue weighted by Crippen LogP contribution is 2.35. The Labute approximate surface area is 158 Å². The van der Waals surface area contributed by atoms with Gasteiger partial charge < -0.3 is 14.4 Å². The fraction of sp³-hybridized carbons (Fsp3) is 0.381. The van der Waals surface area contributed by atoms with E-state index < -0.39 is 0 Å². The molecule has 2 aromatic heterocycles. The van der Waals surface area contributed by atoms with Crippen LogP contribution in [0, 0.1) is 6.92 Å². The van der Waals surface area contributed by atoms with Crippen LogP contribution in [-0.4, -0.2) is 32.0 Å². The Kier molecular flexibility index (Phi) is 5.05. The number of carbonyl (C=O) groups is 1. The van der Waals surface area contributed by atoms with E-state index in [9.17, 15) is 4.79 Å². The molecule has 6 heteroatoms. The molecule has 1 N–H and O–H groups in total. The van der Waals surface area contributed by atoms with Gasteiger partial charge in [0.2, 0.25) is 0 Å². The molecule has 0 spiro atoms. The Bertz CT molecular complexity index is 865. The van der Waals surface area contributed by atoms with Gasteiger partial charge in [0.15, 0.2) is 5.69 Å². The molecule has 0 radical (unpaired) electrons. The van der Waals surface area contributed by atoms with Crippen LogP contribution in [0.25, 0.3) is 0 Å². The molecule has 0 bridgehead atoms. The first kappa shape index (κ1) is 17.5. The molecule has 1 aromatic carbocycles. The van der Waals surface area contributed by atoms with Gasteiger partial charge >= 0.3 is 0 Å². The first-order chi connectivity index (χ1) is 13.2. The summed E-state index contributed by atoms with van der Waals surface area (Å²) in [5.74, 6) is 1.14. The Morgan fingerprint density at radius 3 is 2.63 bits per heavy atom. The van der Waals surface area contributed by atoms with Crippen molar-refractivity contribution in [1.82, 2.24) is 20.0 Å². The number of hydrogen-bond donors (Lipinski definition) is 1. The zero-order valence-electron chi connectivity index (χ0n) is 15.5. The van der Waals surface area contributed by atoms with Gasteiger partial charge in [0.25, 0.3) is 5.91 Å². The number of carbonyl (C=O) groups excluding carboxylic acids is 1. The standard InChI is InChI=1S/C21H24N4O2/c1-15-11-20(24-27-15)21(26)25(13-18-12-22-14-23-18)19-9-7-17(8-10-19)16-5-3-2-4-6-16/h2-6,11-12,14,17,19H,7-10,13H2,1H3,(H,22,23). The second kappa shape index (κ2) is 7.78. The van der Waals surface area contributed by atoms with Crippen LogP contribution in [0.1, 0.15) is 59.1 Å². The van der Waals surface area contributed by atoms with Gasteiger partial charge in [-0.05, 0) is 44.1 Å². The van der Waals surface area contributed by atoms with Gasteiger partial charge in [0, 0.05) is 18.3 Å². The summed E-state index contributed by atoms with van der Waals surface area (Å²) < 4.78 is 5.12. The van der Waals surface area contributed by atoms with E-state index in [-0.39, 0.29) is 11.9 Å². The molecular weight excluding hydrogens is 340 g/mol. The molecule has 1 amide bonds. The monoisotopic (exact) mass is 364 g/mol. The first-order valence-electron chi connectivity index (χ1n) is 9.47.